The van der Waals surface area contributed by atoms with E-state index in [0.717, 1.165) is 6.42 Å². The topological polar surface area (TPSA) is 0 Å². The quantitative estimate of drug-likeness (QED) is 0.161. The molecule has 3 aliphatic carbocycles. The summed E-state index contributed by atoms with van der Waals surface area (Å²) in [5, 5.41) is 5.13. The molecule has 3 aliphatic rings. The summed E-state index contributed by atoms with van der Waals surface area (Å²) in [6.45, 7) is 9.50. The van der Waals surface area contributed by atoms with E-state index in [-0.39, 0.29) is 10.8 Å². The summed E-state index contributed by atoms with van der Waals surface area (Å²) >= 11 is 0. The maximum absolute atomic E-state index is 2.47. The Morgan fingerprint density at radius 2 is 0.909 bits per heavy atom. The third kappa shape index (κ3) is 4.58. The van der Waals surface area contributed by atoms with Crippen molar-refractivity contribution in [2.45, 2.75) is 44.9 Å². The third-order valence-corrected chi connectivity index (χ3v) is 13.1. The van der Waals surface area contributed by atoms with Crippen LogP contribution < -0.4 is 0 Å². The highest BCUT2D eigenvalue weighted by Gasteiger charge is 2.38. The summed E-state index contributed by atoms with van der Waals surface area (Å²) in [7, 11) is 0. The largest absolute Gasteiger partial charge is 0.0801 e. The van der Waals surface area contributed by atoms with Crippen molar-refractivity contribution in [3.63, 3.8) is 0 Å². The molecule has 0 bridgehead atoms. The highest BCUT2D eigenvalue weighted by molar-refractivity contribution is 6.21. The highest BCUT2D eigenvalue weighted by Crippen LogP contribution is 2.54. The van der Waals surface area contributed by atoms with Crippen LogP contribution in [0.1, 0.15) is 67.5 Å². The molecule has 0 amide bonds. The van der Waals surface area contributed by atoms with Gasteiger partial charge in [-0.25, -0.2) is 0 Å². The van der Waals surface area contributed by atoms with Crippen molar-refractivity contribution in [3.8, 4) is 55.6 Å². The number of hydrogen-bond donors (Lipinski definition) is 0. The van der Waals surface area contributed by atoms with E-state index in [2.05, 4.69) is 198 Å². The molecule has 0 spiro atoms. The molecule has 0 heteroatoms. The molecule has 0 heterocycles. The van der Waals surface area contributed by atoms with Gasteiger partial charge in [0.15, 0.2) is 0 Å². The van der Waals surface area contributed by atoms with Gasteiger partial charge >= 0.3 is 0 Å². The van der Waals surface area contributed by atoms with E-state index in [9.17, 15) is 0 Å². The van der Waals surface area contributed by atoms with Crippen LogP contribution in [0.5, 0.6) is 0 Å². The monoisotopic (exact) mass is 702 g/mol. The van der Waals surface area contributed by atoms with Gasteiger partial charge in [0.05, 0.1) is 0 Å². The van der Waals surface area contributed by atoms with Gasteiger partial charge < -0.3 is 0 Å². The second-order valence-electron chi connectivity index (χ2n) is 16.8. The standard InChI is InChI=1S/C55H42/c1-54(2)48-29-27-36(32-46(48)53-39-18-7-5-6-15-34(39)26-30-49(53)54)35-16-14-17-37(31-35)51-42-20-8-10-22-44(42)52(45-23-11-9-21-43(45)51)38-25-28-41-40-19-12-13-24-47(40)55(3,4)50(41)33-38/h6-33H,5H2,1-4H3. The van der Waals surface area contributed by atoms with E-state index in [4.69, 9.17) is 0 Å². The molecule has 262 valence electrons. The Morgan fingerprint density at radius 3 is 1.65 bits per heavy atom. The SMILES string of the molecule is CC1(C)c2ccccc2-c2ccc(-c3c4ccccc4c(-c4cccc(-c5ccc6c(c5)-c5c(ccc7c5C=CCC=C7)C6(C)C)c4)c4ccccc34)cc21. The van der Waals surface area contributed by atoms with Crippen LogP contribution in [0.2, 0.25) is 0 Å². The van der Waals surface area contributed by atoms with Crippen molar-refractivity contribution in [1.29, 1.82) is 0 Å². The van der Waals surface area contributed by atoms with Crippen molar-refractivity contribution in [1.82, 2.24) is 0 Å². The predicted octanol–water partition coefficient (Wildman–Crippen LogP) is 15.0. The van der Waals surface area contributed by atoms with Gasteiger partial charge in [0.25, 0.3) is 0 Å². The highest BCUT2D eigenvalue weighted by atomic mass is 14.4. The zero-order valence-corrected chi connectivity index (χ0v) is 31.9. The van der Waals surface area contributed by atoms with Gasteiger partial charge in [-0.15, -0.1) is 0 Å². The van der Waals surface area contributed by atoms with E-state index in [1.807, 2.05) is 0 Å². The van der Waals surface area contributed by atoms with Gasteiger partial charge in [-0.1, -0.05) is 179 Å². The van der Waals surface area contributed by atoms with Crippen LogP contribution >= 0.6 is 0 Å². The Balaban J connectivity index is 1.09. The molecule has 0 radical (unpaired) electrons. The number of benzene rings is 8. The van der Waals surface area contributed by atoms with Crippen LogP contribution in [0.3, 0.4) is 0 Å². The van der Waals surface area contributed by atoms with Gasteiger partial charge in [-0.3, -0.25) is 0 Å². The van der Waals surface area contributed by atoms with Crippen LogP contribution in [0, 0.1) is 0 Å². The fraction of sp³-hybridized carbons (Fsp3) is 0.127. The van der Waals surface area contributed by atoms with Gasteiger partial charge in [0.2, 0.25) is 0 Å². The maximum atomic E-state index is 2.47. The molecular formula is C55H42. The molecule has 0 atom stereocenters. The van der Waals surface area contributed by atoms with Gasteiger partial charge in [-0.2, -0.15) is 0 Å². The molecule has 11 rings (SSSR count). The lowest BCUT2D eigenvalue weighted by molar-refractivity contribution is 0.660. The van der Waals surface area contributed by atoms with E-state index in [1.54, 1.807) is 0 Å². The Kier molecular flexibility index (Phi) is 6.81. The maximum Gasteiger partial charge on any atom is 0.0159 e. The number of fused-ring (bicyclic) bond motifs is 10. The summed E-state index contributed by atoms with van der Waals surface area (Å²) in [4.78, 5) is 0. The molecule has 0 saturated carbocycles. The molecule has 8 aromatic carbocycles. The van der Waals surface area contributed by atoms with E-state index in [1.165, 1.54) is 111 Å². The number of allylic oxidation sites excluding steroid dienone is 2. The number of rotatable bonds is 3. The average Bonchev–Trinajstić information content (AvgIpc) is 3.42. The molecule has 55 heavy (non-hydrogen) atoms. The summed E-state index contributed by atoms with van der Waals surface area (Å²) in [5.41, 5.74) is 21.3. The zero-order chi connectivity index (χ0) is 37.1. The Morgan fingerprint density at radius 1 is 0.364 bits per heavy atom. The minimum absolute atomic E-state index is 0.0535. The summed E-state index contributed by atoms with van der Waals surface area (Å²) in [6, 6.07) is 55.3. The van der Waals surface area contributed by atoms with Crippen molar-refractivity contribution in [2.24, 2.45) is 0 Å². The fourth-order valence-corrected chi connectivity index (χ4v) is 10.3. The molecule has 0 aromatic heterocycles. The molecule has 8 aromatic rings. The van der Waals surface area contributed by atoms with Crippen molar-refractivity contribution >= 4 is 33.7 Å². The minimum Gasteiger partial charge on any atom is -0.0801 e. The molecule has 0 N–H and O–H groups in total. The molecule has 0 nitrogen and oxygen atoms in total. The van der Waals surface area contributed by atoms with Crippen LogP contribution in [-0.2, 0) is 10.8 Å². The third-order valence-electron chi connectivity index (χ3n) is 13.1. The van der Waals surface area contributed by atoms with Crippen molar-refractivity contribution in [2.75, 3.05) is 0 Å². The van der Waals surface area contributed by atoms with E-state index >= 15 is 0 Å². The Bertz CT molecular complexity index is 2940. The first-order chi connectivity index (χ1) is 26.8. The Labute approximate surface area is 324 Å². The first kappa shape index (κ1) is 32.2. The van der Waals surface area contributed by atoms with Gasteiger partial charge in [0, 0.05) is 10.8 Å². The summed E-state index contributed by atoms with van der Waals surface area (Å²) in [5.74, 6) is 0. The number of hydrogen-bond acceptors (Lipinski definition) is 0. The first-order valence-corrected chi connectivity index (χ1v) is 19.8. The summed E-state index contributed by atoms with van der Waals surface area (Å²) in [6.07, 6.45) is 10.2. The van der Waals surface area contributed by atoms with E-state index < -0.39 is 0 Å². The molecule has 0 unspecified atom stereocenters. The fourth-order valence-electron chi connectivity index (χ4n) is 10.3. The van der Waals surface area contributed by atoms with Gasteiger partial charge in [-0.05, 0) is 135 Å². The average molecular weight is 703 g/mol. The van der Waals surface area contributed by atoms with Crippen molar-refractivity contribution < 1.29 is 0 Å². The smallest absolute Gasteiger partial charge is 0.0159 e. The second kappa shape index (κ2) is 11.6. The predicted molar refractivity (Wildman–Crippen MR) is 236 cm³/mol. The van der Waals surface area contributed by atoms with Gasteiger partial charge in [0.1, 0.15) is 0 Å². The second-order valence-corrected chi connectivity index (χ2v) is 16.8. The zero-order valence-electron chi connectivity index (χ0n) is 31.9. The van der Waals surface area contributed by atoms with Crippen LogP contribution in [-0.4, -0.2) is 0 Å². The molecule has 0 fully saturated rings. The normalized spacial score (nSPS) is 15.3. The van der Waals surface area contributed by atoms with E-state index in [0.29, 0.717) is 0 Å². The molecule has 0 aliphatic heterocycles. The minimum atomic E-state index is -0.0598. The van der Waals surface area contributed by atoms with Crippen LogP contribution in [0.15, 0.2) is 158 Å². The van der Waals surface area contributed by atoms with Crippen LogP contribution in [0.25, 0.3) is 89.3 Å². The Hall–Kier alpha value is -6.24. The van der Waals surface area contributed by atoms with Crippen LogP contribution in [0.4, 0.5) is 0 Å². The van der Waals surface area contributed by atoms with Crippen molar-refractivity contribution in [3.05, 3.63) is 191 Å². The summed E-state index contributed by atoms with van der Waals surface area (Å²) < 4.78 is 0. The lowest BCUT2D eigenvalue weighted by atomic mass is 9.80. The molecule has 0 saturated heterocycles. The lowest BCUT2D eigenvalue weighted by Crippen LogP contribution is -2.15. The first-order valence-electron chi connectivity index (χ1n) is 19.8. The lowest BCUT2D eigenvalue weighted by Gasteiger charge is -2.23. The molecular weight excluding hydrogens is 661 g/mol.